The molecule has 3 nitrogen and oxygen atoms in total. The molecule has 0 saturated heterocycles. The van der Waals surface area contributed by atoms with Crippen molar-refractivity contribution in [3.05, 3.63) is 28.7 Å². The van der Waals surface area contributed by atoms with Gasteiger partial charge in [-0.2, -0.15) is 0 Å². The van der Waals surface area contributed by atoms with Crippen LogP contribution in [0.4, 0.5) is 0 Å². The van der Waals surface area contributed by atoms with Crippen LogP contribution in [0.2, 0.25) is 0 Å². The first-order valence-corrected chi connectivity index (χ1v) is 5.81. The van der Waals surface area contributed by atoms with E-state index in [1.54, 1.807) is 0 Å². The van der Waals surface area contributed by atoms with Crippen LogP contribution in [0.25, 0.3) is 6.08 Å². The van der Waals surface area contributed by atoms with Gasteiger partial charge in [0.1, 0.15) is 17.4 Å². The summed E-state index contributed by atoms with van der Waals surface area (Å²) in [6, 6.07) is 0. The van der Waals surface area contributed by atoms with E-state index >= 15 is 0 Å². The predicted octanol–water partition coefficient (Wildman–Crippen LogP) is 2.74. The van der Waals surface area contributed by atoms with E-state index in [1.807, 2.05) is 12.2 Å². The number of furan rings is 1. The van der Waals surface area contributed by atoms with Gasteiger partial charge in [-0.25, -0.2) is 0 Å². The minimum absolute atomic E-state index is 0.481. The summed E-state index contributed by atoms with van der Waals surface area (Å²) < 4.78 is 5.77. The average Bonchev–Trinajstić information content (AvgIpc) is 2.67. The zero-order chi connectivity index (χ0) is 11.1. The predicted molar refractivity (Wildman–Crippen MR) is 59.4 cm³/mol. The molecular weight excluding hydrogens is 204 g/mol. The molecule has 84 valence electrons. The molecule has 0 fully saturated rings. The smallest absolute Gasteiger partial charge is 0.314 e. The van der Waals surface area contributed by atoms with Crippen LogP contribution in [0.5, 0.6) is 0 Å². The number of hydrogen-bond donors (Lipinski definition) is 1. The maximum Gasteiger partial charge on any atom is 0.314 e. The maximum absolute atomic E-state index is 11.1. The van der Waals surface area contributed by atoms with Crippen molar-refractivity contribution in [2.75, 3.05) is 0 Å². The molecule has 0 bridgehead atoms. The van der Waals surface area contributed by atoms with Crippen molar-refractivity contribution in [1.29, 1.82) is 0 Å². The van der Waals surface area contributed by atoms with Crippen molar-refractivity contribution in [2.45, 2.75) is 38.0 Å². The van der Waals surface area contributed by atoms with Gasteiger partial charge in [-0.05, 0) is 25.7 Å². The molecule has 0 radical (unpaired) electrons. The molecule has 1 unspecified atom stereocenters. The molecule has 1 aromatic heterocycles. The normalized spacial score (nSPS) is 22.6. The van der Waals surface area contributed by atoms with E-state index in [0.29, 0.717) is 12.2 Å². The van der Waals surface area contributed by atoms with Crippen LogP contribution < -0.4 is 0 Å². The number of hydrogen-bond acceptors (Lipinski definition) is 2. The zero-order valence-corrected chi connectivity index (χ0v) is 9.03. The third kappa shape index (κ3) is 1.31. The third-order valence-electron chi connectivity index (χ3n) is 3.51. The maximum atomic E-state index is 11.1. The Hall–Kier alpha value is -1.51. The molecule has 0 saturated carbocycles. The Balaban J connectivity index is 2.12. The van der Waals surface area contributed by atoms with Crippen LogP contribution in [0.1, 0.15) is 47.8 Å². The van der Waals surface area contributed by atoms with Crippen molar-refractivity contribution in [2.24, 2.45) is 0 Å². The molecular formula is C13H14O3. The summed E-state index contributed by atoms with van der Waals surface area (Å²) in [7, 11) is 0. The summed E-state index contributed by atoms with van der Waals surface area (Å²) in [4.78, 5) is 11.1. The molecule has 3 rings (SSSR count). The molecule has 2 aliphatic carbocycles. The van der Waals surface area contributed by atoms with Crippen molar-refractivity contribution >= 4 is 12.0 Å². The number of allylic oxidation sites excluding steroid dienone is 1. The van der Waals surface area contributed by atoms with Gasteiger partial charge in [0.25, 0.3) is 0 Å². The highest BCUT2D eigenvalue weighted by Gasteiger charge is 2.31. The largest absolute Gasteiger partial charge is 0.481 e. The van der Waals surface area contributed by atoms with Crippen LogP contribution in [-0.4, -0.2) is 11.1 Å². The minimum atomic E-state index is -0.781. The zero-order valence-electron chi connectivity index (χ0n) is 9.03. The highest BCUT2D eigenvalue weighted by molar-refractivity contribution is 5.79. The topological polar surface area (TPSA) is 50.4 Å². The first-order chi connectivity index (χ1) is 7.77. The molecule has 0 spiro atoms. The van der Waals surface area contributed by atoms with Crippen LogP contribution >= 0.6 is 0 Å². The van der Waals surface area contributed by atoms with E-state index in [0.717, 1.165) is 30.6 Å². The van der Waals surface area contributed by atoms with Gasteiger partial charge in [-0.15, -0.1) is 0 Å². The van der Waals surface area contributed by atoms with Gasteiger partial charge in [0.2, 0.25) is 0 Å². The lowest BCUT2D eigenvalue weighted by Crippen LogP contribution is -2.13. The Morgan fingerprint density at radius 1 is 1.38 bits per heavy atom. The fourth-order valence-electron chi connectivity index (χ4n) is 2.70. The first-order valence-electron chi connectivity index (χ1n) is 5.81. The van der Waals surface area contributed by atoms with Crippen LogP contribution in [0.3, 0.4) is 0 Å². The first kappa shape index (κ1) is 9.70. The monoisotopic (exact) mass is 218 g/mol. The number of carbonyl (C=O) groups is 1. The second-order valence-electron chi connectivity index (χ2n) is 4.52. The summed E-state index contributed by atoms with van der Waals surface area (Å²) in [6.45, 7) is 0. The fourth-order valence-corrected chi connectivity index (χ4v) is 2.70. The summed E-state index contributed by atoms with van der Waals surface area (Å²) in [5, 5.41) is 9.15. The number of rotatable bonds is 1. The molecule has 1 heterocycles. The molecule has 0 aliphatic heterocycles. The number of carboxylic acids is 1. The van der Waals surface area contributed by atoms with E-state index in [2.05, 4.69) is 0 Å². The Bertz CT molecular complexity index is 468. The summed E-state index contributed by atoms with van der Waals surface area (Å²) in [6.07, 6.45) is 8.86. The molecule has 0 aromatic carbocycles. The van der Waals surface area contributed by atoms with Gasteiger partial charge in [0.05, 0.1) is 0 Å². The molecule has 0 amide bonds. The number of carboxylic acid groups (broad SMARTS) is 1. The number of fused-ring (bicyclic) bond motifs is 3. The van der Waals surface area contributed by atoms with E-state index in [1.165, 1.54) is 12.0 Å². The van der Waals surface area contributed by atoms with Gasteiger partial charge >= 0.3 is 5.97 Å². The lowest BCUT2D eigenvalue weighted by Gasteiger charge is -2.13. The molecule has 2 aliphatic rings. The Morgan fingerprint density at radius 2 is 2.19 bits per heavy atom. The lowest BCUT2D eigenvalue weighted by molar-refractivity contribution is -0.139. The van der Waals surface area contributed by atoms with Crippen LogP contribution in [0, 0.1) is 0 Å². The molecule has 16 heavy (non-hydrogen) atoms. The summed E-state index contributed by atoms with van der Waals surface area (Å²) in [5.74, 6) is 0.443. The van der Waals surface area contributed by atoms with Crippen molar-refractivity contribution in [1.82, 2.24) is 0 Å². The van der Waals surface area contributed by atoms with Crippen molar-refractivity contribution < 1.29 is 14.3 Å². The third-order valence-corrected chi connectivity index (χ3v) is 3.51. The Kier molecular flexibility index (Phi) is 2.13. The summed E-state index contributed by atoms with van der Waals surface area (Å²) >= 11 is 0. The molecule has 3 heteroatoms. The highest BCUT2D eigenvalue weighted by Crippen LogP contribution is 2.38. The van der Waals surface area contributed by atoms with Crippen molar-refractivity contribution in [3.63, 3.8) is 0 Å². The van der Waals surface area contributed by atoms with Gasteiger partial charge in [-0.1, -0.05) is 12.2 Å². The van der Waals surface area contributed by atoms with Crippen LogP contribution in [0.15, 0.2) is 10.5 Å². The number of aliphatic carboxylic acids is 1. The van der Waals surface area contributed by atoms with E-state index in [9.17, 15) is 4.79 Å². The fraction of sp³-hybridized carbons (Fsp3) is 0.462. The second-order valence-corrected chi connectivity index (χ2v) is 4.52. The van der Waals surface area contributed by atoms with E-state index in [-0.39, 0.29) is 0 Å². The Morgan fingerprint density at radius 3 is 3.00 bits per heavy atom. The average molecular weight is 218 g/mol. The minimum Gasteiger partial charge on any atom is -0.481 e. The molecule has 1 atom stereocenters. The summed E-state index contributed by atoms with van der Waals surface area (Å²) in [5.41, 5.74) is 2.30. The highest BCUT2D eigenvalue weighted by atomic mass is 16.4. The Labute approximate surface area is 93.8 Å². The van der Waals surface area contributed by atoms with Crippen LogP contribution in [-0.2, 0) is 17.6 Å². The van der Waals surface area contributed by atoms with Gasteiger partial charge in [0.15, 0.2) is 0 Å². The van der Waals surface area contributed by atoms with Gasteiger partial charge in [0, 0.05) is 17.5 Å². The molecule has 1 aromatic rings. The second kappa shape index (κ2) is 3.51. The standard InChI is InChI=1S/C13H14O3/c14-13(15)10-6-3-5-9-8-4-1-2-7-11(8)16-12(9)10/h3,5,10H,1-2,4,6-7H2,(H,14,15). The lowest BCUT2D eigenvalue weighted by atomic mass is 9.88. The van der Waals surface area contributed by atoms with Crippen molar-refractivity contribution in [3.8, 4) is 0 Å². The SMILES string of the molecule is O=C(O)C1CC=Cc2c1oc1c2CCCC1. The quantitative estimate of drug-likeness (QED) is 0.788. The molecule has 1 N–H and O–H groups in total. The van der Waals surface area contributed by atoms with Gasteiger partial charge < -0.3 is 9.52 Å². The van der Waals surface area contributed by atoms with E-state index in [4.69, 9.17) is 9.52 Å². The van der Waals surface area contributed by atoms with E-state index < -0.39 is 11.9 Å². The van der Waals surface area contributed by atoms with Gasteiger partial charge in [-0.3, -0.25) is 4.79 Å². The number of aryl methyl sites for hydroxylation is 1.